The number of aldehydes is 2. The van der Waals surface area contributed by atoms with E-state index in [1.807, 2.05) is 24.3 Å². The number of carbonyl (C=O) groups excluding carboxylic acids is 2. The quantitative estimate of drug-likeness (QED) is 0.176. The average molecular weight is 610 g/mol. The highest BCUT2D eigenvalue weighted by Crippen LogP contribution is 2.20. The average Bonchev–Trinajstić information content (AvgIpc) is 2.91. The van der Waals surface area contributed by atoms with E-state index in [0.717, 1.165) is 34.1 Å². The molecule has 4 aromatic carbocycles. The number of hydrogen-bond acceptors (Lipinski definition) is 4. The second-order valence-electron chi connectivity index (χ2n) is 7.31. The van der Waals surface area contributed by atoms with Crippen LogP contribution in [0.15, 0.2) is 84.9 Å². The van der Waals surface area contributed by atoms with E-state index in [0.29, 0.717) is 17.6 Å². The predicted molar refractivity (Wildman–Crippen MR) is 145 cm³/mol. The molecule has 1 N–H and O–H groups in total. The van der Waals surface area contributed by atoms with Crippen LogP contribution in [0.25, 0.3) is 0 Å². The number of carbonyl (C=O) groups is 2. The van der Waals surface area contributed by atoms with Crippen LogP contribution in [0, 0.1) is 11.6 Å². The second kappa shape index (κ2) is 15.8. The van der Waals surface area contributed by atoms with Gasteiger partial charge >= 0.3 is 0 Å². The van der Waals surface area contributed by atoms with Crippen molar-refractivity contribution in [1.82, 2.24) is 0 Å². The number of halogens is 5. The van der Waals surface area contributed by atoms with E-state index in [2.05, 4.69) is 15.9 Å². The van der Waals surface area contributed by atoms with Gasteiger partial charge in [-0.3, -0.25) is 9.59 Å². The van der Waals surface area contributed by atoms with E-state index in [1.54, 1.807) is 24.3 Å². The number of hydrogen-bond donors (Lipinski definition) is 1. The Labute approximate surface area is 231 Å². The third-order valence-electron chi connectivity index (χ3n) is 4.57. The van der Waals surface area contributed by atoms with Crippen LogP contribution >= 0.6 is 39.1 Å². The number of ether oxygens (including phenoxy) is 1. The second-order valence-corrected chi connectivity index (χ2v) is 8.75. The van der Waals surface area contributed by atoms with Crippen LogP contribution in [0.2, 0.25) is 10.0 Å². The summed E-state index contributed by atoms with van der Waals surface area (Å²) in [4.78, 5) is 20.5. The molecule has 4 aromatic rings. The highest BCUT2D eigenvalue weighted by Gasteiger charge is 2.05. The Hall–Kier alpha value is -3.26. The van der Waals surface area contributed by atoms with E-state index in [-0.39, 0.29) is 23.5 Å². The first-order chi connectivity index (χ1) is 17.7. The van der Waals surface area contributed by atoms with Crippen molar-refractivity contribution in [2.75, 3.05) is 0 Å². The summed E-state index contributed by atoms with van der Waals surface area (Å²) < 4.78 is 31.2. The molecule has 0 aliphatic heterocycles. The van der Waals surface area contributed by atoms with Crippen molar-refractivity contribution >= 4 is 51.7 Å². The molecular formula is C28H21BrCl2F2O4. The highest BCUT2D eigenvalue weighted by atomic mass is 79.9. The Bertz CT molecular complexity index is 1300. The Morgan fingerprint density at radius 2 is 1.22 bits per heavy atom. The molecule has 0 heterocycles. The molecule has 4 rings (SSSR count). The topological polar surface area (TPSA) is 63.6 Å². The summed E-state index contributed by atoms with van der Waals surface area (Å²) in [5.41, 5.74) is 2.64. The third kappa shape index (κ3) is 10.7. The lowest BCUT2D eigenvalue weighted by Gasteiger charge is -2.07. The summed E-state index contributed by atoms with van der Waals surface area (Å²) in [7, 11) is 0. The van der Waals surface area contributed by atoms with Crippen molar-refractivity contribution in [1.29, 1.82) is 0 Å². The van der Waals surface area contributed by atoms with Crippen LogP contribution in [0.1, 0.15) is 31.8 Å². The summed E-state index contributed by atoms with van der Waals surface area (Å²) >= 11 is 14.7. The molecule has 0 amide bonds. The molecule has 0 fully saturated rings. The predicted octanol–water partition coefficient (Wildman–Crippen LogP) is 8.45. The highest BCUT2D eigenvalue weighted by molar-refractivity contribution is 9.08. The Balaban J connectivity index is 0.000000214. The fourth-order valence-corrected chi connectivity index (χ4v) is 3.24. The normalized spacial score (nSPS) is 9.76. The molecule has 192 valence electrons. The molecule has 0 aliphatic carbocycles. The largest absolute Gasteiger partial charge is 0.505 e. The first-order valence-electron chi connectivity index (χ1n) is 10.6. The standard InChI is InChI=1S/C14H10ClFO2.C7H6BrCl.C7H5FO2/c15-12-4-1-10(2-5-12)9-18-14-6-3-11(8-17)7-13(14)16;8-5-6-1-3-7(9)4-2-6;8-6-3-5(4-9)1-2-7(6)10/h1-8H,9H2;1-4H,5H2;1-4,10H. The van der Waals surface area contributed by atoms with E-state index in [4.69, 9.17) is 33.0 Å². The van der Waals surface area contributed by atoms with Gasteiger partial charge in [0, 0.05) is 26.5 Å². The fourth-order valence-electron chi connectivity index (χ4n) is 2.62. The number of rotatable bonds is 6. The minimum absolute atomic E-state index is 0.121. The molecule has 0 saturated carbocycles. The number of alkyl halides is 1. The van der Waals surface area contributed by atoms with E-state index >= 15 is 0 Å². The van der Waals surface area contributed by atoms with Gasteiger partial charge in [0.2, 0.25) is 0 Å². The smallest absolute Gasteiger partial charge is 0.165 e. The molecule has 0 saturated heterocycles. The van der Waals surface area contributed by atoms with Crippen LogP contribution in [0.3, 0.4) is 0 Å². The summed E-state index contributed by atoms with van der Waals surface area (Å²) in [6.07, 6.45) is 1.11. The van der Waals surface area contributed by atoms with Crippen molar-refractivity contribution in [2.24, 2.45) is 0 Å². The maximum absolute atomic E-state index is 13.5. The summed E-state index contributed by atoms with van der Waals surface area (Å²) in [5, 5.41) is 11.0. The lowest BCUT2D eigenvalue weighted by atomic mass is 10.2. The molecule has 9 heteroatoms. The maximum atomic E-state index is 13.5. The fraction of sp³-hybridized carbons (Fsp3) is 0.0714. The number of phenolic OH excluding ortho intramolecular Hbond substituents is 1. The van der Waals surface area contributed by atoms with Gasteiger partial charge in [-0.2, -0.15) is 0 Å². The van der Waals surface area contributed by atoms with Gasteiger partial charge in [0.15, 0.2) is 23.1 Å². The van der Waals surface area contributed by atoms with Crippen LogP contribution in [-0.4, -0.2) is 17.7 Å². The number of phenols is 1. The summed E-state index contributed by atoms with van der Waals surface area (Å²) in [5.74, 6) is -1.64. The zero-order valence-corrected chi connectivity index (χ0v) is 22.3. The third-order valence-corrected chi connectivity index (χ3v) is 5.73. The Morgan fingerprint density at radius 1 is 0.730 bits per heavy atom. The molecule has 0 aromatic heterocycles. The zero-order valence-electron chi connectivity index (χ0n) is 19.2. The van der Waals surface area contributed by atoms with E-state index < -0.39 is 17.4 Å². The minimum Gasteiger partial charge on any atom is -0.505 e. The van der Waals surface area contributed by atoms with Gasteiger partial charge in [0.25, 0.3) is 0 Å². The molecule has 37 heavy (non-hydrogen) atoms. The SMILES string of the molecule is Clc1ccc(CBr)cc1.O=Cc1ccc(O)c(F)c1.O=Cc1ccc(OCc2ccc(Cl)cc2)c(F)c1. The van der Waals surface area contributed by atoms with Gasteiger partial charge < -0.3 is 9.84 Å². The minimum atomic E-state index is -0.774. The molecule has 0 spiro atoms. The van der Waals surface area contributed by atoms with Crippen LogP contribution in [-0.2, 0) is 11.9 Å². The van der Waals surface area contributed by atoms with Crippen molar-refractivity contribution in [3.05, 3.63) is 129 Å². The van der Waals surface area contributed by atoms with E-state index in [1.165, 1.54) is 23.8 Å². The molecule has 0 unspecified atom stereocenters. The van der Waals surface area contributed by atoms with Gasteiger partial charge in [0.05, 0.1) is 0 Å². The van der Waals surface area contributed by atoms with Crippen LogP contribution < -0.4 is 4.74 Å². The van der Waals surface area contributed by atoms with Crippen molar-refractivity contribution in [3.8, 4) is 11.5 Å². The van der Waals surface area contributed by atoms with Gasteiger partial charge in [0.1, 0.15) is 19.2 Å². The molecule has 0 atom stereocenters. The first kappa shape index (κ1) is 30.0. The van der Waals surface area contributed by atoms with Crippen LogP contribution in [0.5, 0.6) is 11.5 Å². The first-order valence-corrected chi connectivity index (χ1v) is 12.5. The maximum Gasteiger partial charge on any atom is 0.165 e. The van der Waals surface area contributed by atoms with Crippen molar-refractivity contribution in [2.45, 2.75) is 11.9 Å². The number of benzene rings is 4. The molecule has 0 radical (unpaired) electrons. The van der Waals surface area contributed by atoms with Gasteiger partial charge in [-0.25, -0.2) is 8.78 Å². The molecule has 0 aliphatic rings. The van der Waals surface area contributed by atoms with Crippen molar-refractivity contribution in [3.63, 3.8) is 0 Å². The van der Waals surface area contributed by atoms with E-state index in [9.17, 15) is 18.4 Å². The Morgan fingerprint density at radius 3 is 1.68 bits per heavy atom. The molecular weight excluding hydrogens is 589 g/mol. The van der Waals surface area contributed by atoms with Gasteiger partial charge in [-0.05, 0) is 71.8 Å². The number of aromatic hydroxyl groups is 1. The van der Waals surface area contributed by atoms with Crippen LogP contribution in [0.4, 0.5) is 8.78 Å². The Kier molecular flexibility index (Phi) is 12.8. The summed E-state index contributed by atoms with van der Waals surface area (Å²) in [6.45, 7) is 0.245. The molecule has 0 bridgehead atoms. The zero-order chi connectivity index (χ0) is 27.2. The van der Waals surface area contributed by atoms with Gasteiger partial charge in [-0.1, -0.05) is 63.4 Å². The lowest BCUT2D eigenvalue weighted by molar-refractivity contribution is 0.111. The van der Waals surface area contributed by atoms with Crippen molar-refractivity contribution < 1.29 is 28.2 Å². The summed E-state index contributed by atoms with van der Waals surface area (Å²) in [6, 6.07) is 22.4. The van der Waals surface area contributed by atoms with Gasteiger partial charge in [-0.15, -0.1) is 0 Å². The molecule has 4 nitrogen and oxygen atoms in total. The monoisotopic (exact) mass is 608 g/mol. The lowest BCUT2D eigenvalue weighted by Crippen LogP contribution is -1.97.